The van der Waals surface area contributed by atoms with Crippen LogP contribution in [0.1, 0.15) is 17.5 Å². The van der Waals surface area contributed by atoms with Crippen LogP contribution in [0.25, 0.3) is 0 Å². The molecule has 1 aromatic rings. The van der Waals surface area contributed by atoms with Crippen LogP contribution in [0.3, 0.4) is 0 Å². The lowest BCUT2D eigenvalue weighted by Crippen LogP contribution is -1.87. The first-order chi connectivity index (χ1) is 6.25. The highest BCUT2D eigenvalue weighted by Gasteiger charge is 2.00. The SMILES string of the molecule is Cc1cccc(F)c1C#CCC=O. The monoisotopic (exact) mass is 176 g/mol. The van der Waals surface area contributed by atoms with Gasteiger partial charge in [0.05, 0.1) is 12.0 Å². The van der Waals surface area contributed by atoms with Gasteiger partial charge in [-0.15, -0.1) is 0 Å². The van der Waals surface area contributed by atoms with Gasteiger partial charge in [0.1, 0.15) is 12.1 Å². The van der Waals surface area contributed by atoms with E-state index in [4.69, 9.17) is 0 Å². The van der Waals surface area contributed by atoms with Gasteiger partial charge in [0.2, 0.25) is 0 Å². The molecule has 0 fully saturated rings. The Balaban J connectivity index is 3.01. The van der Waals surface area contributed by atoms with Crippen LogP contribution >= 0.6 is 0 Å². The van der Waals surface area contributed by atoms with Crippen molar-refractivity contribution in [2.75, 3.05) is 0 Å². The Morgan fingerprint density at radius 3 is 2.92 bits per heavy atom. The third-order valence-electron chi connectivity index (χ3n) is 1.62. The molecule has 0 N–H and O–H groups in total. The number of aldehydes is 1. The summed E-state index contributed by atoms with van der Waals surface area (Å²) >= 11 is 0. The van der Waals surface area contributed by atoms with Crippen LogP contribution in [0, 0.1) is 24.6 Å². The molecule has 0 aliphatic rings. The Labute approximate surface area is 76.6 Å². The molecule has 1 aromatic carbocycles. The van der Waals surface area contributed by atoms with Crippen molar-refractivity contribution in [2.24, 2.45) is 0 Å². The van der Waals surface area contributed by atoms with E-state index in [0.29, 0.717) is 11.8 Å². The van der Waals surface area contributed by atoms with Crippen LogP contribution in [0.2, 0.25) is 0 Å². The van der Waals surface area contributed by atoms with Gasteiger partial charge in [-0.05, 0) is 18.6 Å². The van der Waals surface area contributed by atoms with Gasteiger partial charge in [0, 0.05) is 0 Å². The van der Waals surface area contributed by atoms with E-state index in [1.54, 1.807) is 19.1 Å². The summed E-state index contributed by atoms with van der Waals surface area (Å²) in [5.41, 5.74) is 1.17. The lowest BCUT2D eigenvalue weighted by molar-refractivity contribution is -0.107. The van der Waals surface area contributed by atoms with E-state index in [2.05, 4.69) is 11.8 Å². The summed E-state index contributed by atoms with van der Waals surface area (Å²) in [7, 11) is 0. The van der Waals surface area contributed by atoms with E-state index in [1.807, 2.05) is 0 Å². The van der Waals surface area contributed by atoms with Crippen LogP contribution in [0.15, 0.2) is 18.2 Å². The fourth-order valence-corrected chi connectivity index (χ4v) is 0.971. The number of aryl methyl sites for hydroxylation is 1. The topological polar surface area (TPSA) is 17.1 Å². The number of benzene rings is 1. The van der Waals surface area contributed by atoms with E-state index in [9.17, 15) is 9.18 Å². The third kappa shape index (κ3) is 2.41. The molecule has 0 aromatic heterocycles. The molecule has 0 saturated carbocycles. The molecule has 0 aliphatic carbocycles. The van der Waals surface area contributed by atoms with Crippen molar-refractivity contribution in [2.45, 2.75) is 13.3 Å². The van der Waals surface area contributed by atoms with Gasteiger partial charge < -0.3 is 4.79 Å². The molecular weight excluding hydrogens is 167 g/mol. The number of hydrogen-bond donors (Lipinski definition) is 0. The second-order valence-electron chi connectivity index (χ2n) is 2.60. The standard InChI is InChI=1S/C11H9FO/c1-9-5-4-7-11(12)10(9)6-2-3-8-13/h4-5,7-8H,3H2,1H3. The lowest BCUT2D eigenvalue weighted by Gasteiger charge is -1.97. The third-order valence-corrected chi connectivity index (χ3v) is 1.62. The summed E-state index contributed by atoms with van der Waals surface area (Å²) < 4.78 is 13.1. The second-order valence-corrected chi connectivity index (χ2v) is 2.60. The van der Waals surface area contributed by atoms with Crippen LogP contribution < -0.4 is 0 Å². The van der Waals surface area contributed by atoms with Gasteiger partial charge in [-0.2, -0.15) is 0 Å². The van der Waals surface area contributed by atoms with Crippen molar-refractivity contribution in [1.82, 2.24) is 0 Å². The summed E-state index contributed by atoms with van der Waals surface area (Å²) in [4.78, 5) is 9.97. The van der Waals surface area contributed by atoms with Crippen molar-refractivity contribution in [1.29, 1.82) is 0 Å². The summed E-state index contributed by atoms with van der Waals surface area (Å²) in [5.74, 6) is 4.87. The molecule has 0 atom stereocenters. The molecular formula is C11H9FO. The summed E-state index contributed by atoms with van der Waals surface area (Å²) in [5, 5.41) is 0. The summed E-state index contributed by atoms with van der Waals surface area (Å²) in [6.45, 7) is 1.79. The maximum Gasteiger partial charge on any atom is 0.139 e. The minimum Gasteiger partial charge on any atom is -0.302 e. The number of halogens is 1. The molecule has 1 nitrogen and oxygen atoms in total. The van der Waals surface area contributed by atoms with Crippen molar-refractivity contribution in [3.63, 3.8) is 0 Å². The van der Waals surface area contributed by atoms with Crippen LogP contribution in [0.5, 0.6) is 0 Å². The smallest absolute Gasteiger partial charge is 0.139 e. The first-order valence-electron chi connectivity index (χ1n) is 3.93. The van der Waals surface area contributed by atoms with E-state index in [0.717, 1.165) is 5.56 Å². The number of rotatable bonds is 1. The number of hydrogen-bond acceptors (Lipinski definition) is 1. The molecule has 0 amide bonds. The van der Waals surface area contributed by atoms with E-state index >= 15 is 0 Å². The number of carbonyl (C=O) groups is 1. The van der Waals surface area contributed by atoms with Gasteiger partial charge in [0.25, 0.3) is 0 Å². The predicted octanol–water partition coefficient (Wildman–Crippen LogP) is 2.07. The molecule has 0 heterocycles. The minimum absolute atomic E-state index is 0.147. The first kappa shape index (κ1) is 9.47. The molecule has 0 aliphatic heterocycles. The molecule has 66 valence electrons. The highest BCUT2D eigenvalue weighted by atomic mass is 19.1. The van der Waals surface area contributed by atoms with Gasteiger partial charge in [-0.3, -0.25) is 0 Å². The van der Waals surface area contributed by atoms with Crippen LogP contribution in [-0.2, 0) is 4.79 Å². The Kier molecular flexibility index (Phi) is 3.22. The highest BCUT2D eigenvalue weighted by molar-refractivity contribution is 5.55. The van der Waals surface area contributed by atoms with Crippen LogP contribution in [0.4, 0.5) is 4.39 Å². The Morgan fingerprint density at radius 1 is 1.54 bits per heavy atom. The maximum absolute atomic E-state index is 13.1. The van der Waals surface area contributed by atoms with Crippen molar-refractivity contribution in [3.05, 3.63) is 35.1 Å². The average Bonchev–Trinajstić information content (AvgIpc) is 2.10. The second kappa shape index (κ2) is 4.42. The van der Waals surface area contributed by atoms with Gasteiger partial charge in [-0.1, -0.05) is 24.0 Å². The predicted molar refractivity (Wildman–Crippen MR) is 48.7 cm³/mol. The average molecular weight is 176 g/mol. The lowest BCUT2D eigenvalue weighted by atomic mass is 10.1. The Bertz CT molecular complexity index is 351. The fourth-order valence-electron chi connectivity index (χ4n) is 0.971. The maximum atomic E-state index is 13.1. The van der Waals surface area contributed by atoms with E-state index in [-0.39, 0.29) is 12.2 Å². The molecule has 0 saturated heterocycles. The molecule has 2 heteroatoms. The molecule has 1 rings (SSSR count). The molecule has 13 heavy (non-hydrogen) atoms. The van der Waals surface area contributed by atoms with Gasteiger partial charge in [0.15, 0.2) is 0 Å². The zero-order valence-electron chi connectivity index (χ0n) is 7.30. The quantitative estimate of drug-likeness (QED) is 0.473. The molecule has 0 bridgehead atoms. The summed E-state index contributed by atoms with van der Waals surface area (Å²) in [6, 6.07) is 4.78. The minimum atomic E-state index is -0.335. The summed E-state index contributed by atoms with van der Waals surface area (Å²) in [6.07, 6.45) is 0.844. The molecule has 0 spiro atoms. The first-order valence-corrected chi connectivity index (χ1v) is 3.93. The Hall–Kier alpha value is -1.62. The zero-order valence-corrected chi connectivity index (χ0v) is 7.30. The number of carbonyl (C=O) groups excluding carboxylic acids is 1. The van der Waals surface area contributed by atoms with Crippen LogP contribution in [-0.4, -0.2) is 6.29 Å². The largest absolute Gasteiger partial charge is 0.302 e. The normalized spacial score (nSPS) is 8.77. The van der Waals surface area contributed by atoms with Crippen molar-refractivity contribution < 1.29 is 9.18 Å². The highest BCUT2D eigenvalue weighted by Crippen LogP contribution is 2.10. The van der Waals surface area contributed by atoms with Crippen molar-refractivity contribution >= 4 is 6.29 Å². The fraction of sp³-hybridized carbons (Fsp3) is 0.182. The Morgan fingerprint density at radius 2 is 2.31 bits per heavy atom. The molecule has 0 unspecified atom stereocenters. The van der Waals surface area contributed by atoms with Gasteiger partial charge >= 0.3 is 0 Å². The molecule has 0 radical (unpaired) electrons. The zero-order chi connectivity index (χ0) is 9.68. The van der Waals surface area contributed by atoms with E-state index < -0.39 is 0 Å². The van der Waals surface area contributed by atoms with E-state index in [1.165, 1.54) is 6.07 Å². The van der Waals surface area contributed by atoms with Gasteiger partial charge in [-0.25, -0.2) is 4.39 Å². The van der Waals surface area contributed by atoms with Crippen molar-refractivity contribution in [3.8, 4) is 11.8 Å².